The first kappa shape index (κ1) is 15.2. The molecule has 1 saturated heterocycles. The Balaban J connectivity index is 2.41. The lowest BCUT2D eigenvalue weighted by Crippen LogP contribution is -2.24. The second-order valence-electron chi connectivity index (χ2n) is 5.03. The first-order chi connectivity index (χ1) is 8.46. The fourth-order valence-electron chi connectivity index (χ4n) is 2.53. The largest absolute Gasteiger partial charge is 0.481 e. The van der Waals surface area contributed by atoms with Crippen LogP contribution in [0.25, 0.3) is 0 Å². The maximum absolute atomic E-state index is 11.4. The van der Waals surface area contributed by atoms with Crippen molar-refractivity contribution in [1.29, 1.82) is 0 Å². The summed E-state index contributed by atoms with van der Waals surface area (Å²) >= 11 is 0. The van der Waals surface area contributed by atoms with Crippen molar-refractivity contribution < 1.29 is 18.3 Å². The van der Waals surface area contributed by atoms with Crippen LogP contribution in [0.4, 0.5) is 0 Å². The van der Waals surface area contributed by atoms with E-state index in [-0.39, 0.29) is 17.4 Å². The van der Waals surface area contributed by atoms with Crippen molar-refractivity contribution in [3.05, 3.63) is 12.7 Å². The van der Waals surface area contributed by atoms with Gasteiger partial charge in [0.15, 0.2) is 9.84 Å². The van der Waals surface area contributed by atoms with Gasteiger partial charge in [0.2, 0.25) is 0 Å². The summed E-state index contributed by atoms with van der Waals surface area (Å²) in [6, 6.07) is 0. The number of rotatable bonds is 8. The molecule has 2 unspecified atom stereocenters. The molecule has 1 aliphatic heterocycles. The Morgan fingerprint density at radius 1 is 1.39 bits per heavy atom. The molecule has 1 heterocycles. The Labute approximate surface area is 109 Å². The number of hydrogen-bond donors (Lipinski definition) is 1. The molecule has 0 amide bonds. The van der Waals surface area contributed by atoms with E-state index in [1.807, 2.05) is 6.08 Å². The summed E-state index contributed by atoms with van der Waals surface area (Å²) in [5.74, 6) is -1.33. The molecule has 1 rings (SSSR count). The molecule has 0 bridgehead atoms. The molecule has 0 aromatic heterocycles. The van der Waals surface area contributed by atoms with Crippen molar-refractivity contribution in [1.82, 2.24) is 0 Å². The van der Waals surface area contributed by atoms with Gasteiger partial charge < -0.3 is 5.11 Å². The minimum absolute atomic E-state index is 0.0522. The summed E-state index contributed by atoms with van der Waals surface area (Å²) in [5, 5.41) is 9.20. The van der Waals surface area contributed by atoms with Gasteiger partial charge in [0.05, 0.1) is 17.4 Å². The van der Waals surface area contributed by atoms with Gasteiger partial charge in [-0.1, -0.05) is 18.9 Å². The Morgan fingerprint density at radius 3 is 2.61 bits per heavy atom. The number of sulfone groups is 1. The Hall–Kier alpha value is -0.840. The van der Waals surface area contributed by atoms with E-state index in [0.29, 0.717) is 12.8 Å². The van der Waals surface area contributed by atoms with Crippen molar-refractivity contribution in [3.63, 3.8) is 0 Å². The zero-order valence-corrected chi connectivity index (χ0v) is 11.5. The molecular formula is C13H22O4S. The van der Waals surface area contributed by atoms with Crippen molar-refractivity contribution >= 4 is 15.8 Å². The van der Waals surface area contributed by atoms with Gasteiger partial charge in [-0.05, 0) is 31.6 Å². The molecule has 1 N–H and O–H groups in total. The third-order valence-electron chi connectivity index (χ3n) is 3.58. The highest BCUT2D eigenvalue weighted by molar-refractivity contribution is 7.91. The standard InChI is InChI=1S/C13H22O4S/c1-2-3-4-5-6-7-12(13(14)15)11-8-9-18(16,17)10-11/h2,11-12H,1,3-10H2,(H,14,15). The van der Waals surface area contributed by atoms with Crippen LogP contribution in [0, 0.1) is 11.8 Å². The molecule has 18 heavy (non-hydrogen) atoms. The minimum atomic E-state index is -2.99. The van der Waals surface area contributed by atoms with Crippen molar-refractivity contribution in [2.24, 2.45) is 11.8 Å². The average molecular weight is 274 g/mol. The second-order valence-corrected chi connectivity index (χ2v) is 7.26. The highest BCUT2D eigenvalue weighted by Crippen LogP contribution is 2.29. The summed E-state index contributed by atoms with van der Waals surface area (Å²) in [6.07, 6.45) is 6.77. The van der Waals surface area contributed by atoms with Crippen LogP contribution in [0.1, 0.15) is 38.5 Å². The number of allylic oxidation sites excluding steroid dienone is 1. The fraction of sp³-hybridized carbons (Fsp3) is 0.769. The minimum Gasteiger partial charge on any atom is -0.481 e. The Kier molecular flexibility index (Phi) is 5.85. The van der Waals surface area contributed by atoms with Crippen LogP contribution < -0.4 is 0 Å². The first-order valence-corrected chi connectivity index (χ1v) is 8.32. The summed E-state index contributed by atoms with van der Waals surface area (Å²) in [5.41, 5.74) is 0. The molecule has 0 radical (unpaired) electrons. The Bertz CT molecular complexity index is 386. The molecular weight excluding hydrogens is 252 g/mol. The Morgan fingerprint density at radius 2 is 2.11 bits per heavy atom. The lowest BCUT2D eigenvalue weighted by molar-refractivity contribution is -0.143. The van der Waals surface area contributed by atoms with Crippen LogP contribution in [0.2, 0.25) is 0 Å². The number of carboxylic acid groups (broad SMARTS) is 1. The summed E-state index contributed by atoms with van der Waals surface area (Å²) in [4.78, 5) is 11.2. The molecule has 5 heteroatoms. The molecule has 0 aromatic carbocycles. The van der Waals surface area contributed by atoms with E-state index in [4.69, 9.17) is 0 Å². The van der Waals surface area contributed by atoms with Crippen LogP contribution in [0.5, 0.6) is 0 Å². The van der Waals surface area contributed by atoms with Gasteiger partial charge in [-0.25, -0.2) is 8.42 Å². The lowest BCUT2D eigenvalue weighted by atomic mass is 9.87. The van der Waals surface area contributed by atoms with Crippen LogP contribution in [0.15, 0.2) is 12.7 Å². The molecule has 104 valence electrons. The maximum Gasteiger partial charge on any atom is 0.306 e. The zero-order valence-electron chi connectivity index (χ0n) is 10.7. The number of carbonyl (C=O) groups is 1. The molecule has 4 nitrogen and oxygen atoms in total. The molecule has 0 spiro atoms. The van der Waals surface area contributed by atoms with E-state index < -0.39 is 21.7 Å². The van der Waals surface area contributed by atoms with Gasteiger partial charge >= 0.3 is 5.97 Å². The first-order valence-electron chi connectivity index (χ1n) is 6.50. The van der Waals surface area contributed by atoms with E-state index in [2.05, 4.69) is 6.58 Å². The molecule has 0 aliphatic carbocycles. The van der Waals surface area contributed by atoms with Crippen LogP contribution >= 0.6 is 0 Å². The summed E-state index contributed by atoms with van der Waals surface area (Å²) in [6.45, 7) is 3.64. The fourth-order valence-corrected chi connectivity index (χ4v) is 4.41. The monoisotopic (exact) mass is 274 g/mol. The predicted octanol–water partition coefficient (Wildman–Crippen LogP) is 2.26. The smallest absolute Gasteiger partial charge is 0.306 e. The third-order valence-corrected chi connectivity index (χ3v) is 5.37. The summed E-state index contributed by atoms with van der Waals surface area (Å²) < 4.78 is 22.8. The van der Waals surface area contributed by atoms with E-state index in [1.165, 1.54) is 0 Å². The quantitative estimate of drug-likeness (QED) is 0.544. The van der Waals surface area contributed by atoms with E-state index >= 15 is 0 Å². The molecule has 1 fully saturated rings. The van der Waals surface area contributed by atoms with Gasteiger partial charge in [0.1, 0.15) is 0 Å². The normalized spacial score (nSPS) is 23.7. The number of carboxylic acids is 1. The molecule has 0 saturated carbocycles. The average Bonchev–Trinajstić information content (AvgIpc) is 2.63. The topological polar surface area (TPSA) is 71.4 Å². The summed E-state index contributed by atoms with van der Waals surface area (Å²) in [7, 11) is -2.99. The van der Waals surface area contributed by atoms with Gasteiger partial charge in [-0.3, -0.25) is 4.79 Å². The molecule has 2 atom stereocenters. The van der Waals surface area contributed by atoms with E-state index in [0.717, 1.165) is 25.7 Å². The van der Waals surface area contributed by atoms with Gasteiger partial charge in [-0.15, -0.1) is 6.58 Å². The van der Waals surface area contributed by atoms with Crippen molar-refractivity contribution in [3.8, 4) is 0 Å². The number of aliphatic carboxylic acids is 1. The van der Waals surface area contributed by atoms with Gasteiger partial charge in [0, 0.05) is 0 Å². The van der Waals surface area contributed by atoms with E-state index in [1.54, 1.807) is 0 Å². The number of unbranched alkanes of at least 4 members (excludes halogenated alkanes) is 3. The lowest BCUT2D eigenvalue weighted by Gasteiger charge is -2.17. The van der Waals surface area contributed by atoms with Crippen LogP contribution in [-0.2, 0) is 14.6 Å². The molecule has 1 aliphatic rings. The van der Waals surface area contributed by atoms with Crippen LogP contribution in [0.3, 0.4) is 0 Å². The van der Waals surface area contributed by atoms with Gasteiger partial charge in [0.25, 0.3) is 0 Å². The SMILES string of the molecule is C=CCCCCCC(C(=O)O)C1CCS(=O)(=O)C1. The maximum atomic E-state index is 11.4. The van der Waals surface area contributed by atoms with Crippen LogP contribution in [-0.4, -0.2) is 31.0 Å². The second kappa shape index (κ2) is 6.92. The highest BCUT2D eigenvalue weighted by atomic mass is 32.2. The highest BCUT2D eigenvalue weighted by Gasteiger charge is 2.36. The van der Waals surface area contributed by atoms with Gasteiger partial charge in [-0.2, -0.15) is 0 Å². The number of hydrogen-bond acceptors (Lipinski definition) is 3. The zero-order chi connectivity index (χ0) is 13.6. The van der Waals surface area contributed by atoms with Crippen molar-refractivity contribution in [2.75, 3.05) is 11.5 Å². The molecule has 0 aromatic rings. The van der Waals surface area contributed by atoms with E-state index in [9.17, 15) is 18.3 Å². The predicted molar refractivity (Wildman–Crippen MR) is 71.2 cm³/mol. The third kappa shape index (κ3) is 4.80. The van der Waals surface area contributed by atoms with Crippen molar-refractivity contribution in [2.45, 2.75) is 38.5 Å².